The number of hydrogen-bond donors (Lipinski definition) is 1. The molecule has 92 valence electrons. The van der Waals surface area contributed by atoms with Gasteiger partial charge in [-0.15, -0.1) is 0 Å². The monoisotopic (exact) mass is 256 g/mol. The highest BCUT2D eigenvalue weighted by Gasteiger charge is 2.34. The molecule has 0 bridgehead atoms. The van der Waals surface area contributed by atoms with Crippen molar-refractivity contribution in [3.8, 4) is 0 Å². The van der Waals surface area contributed by atoms with Crippen LogP contribution in [-0.2, 0) is 14.8 Å². The van der Waals surface area contributed by atoms with Gasteiger partial charge >= 0.3 is 0 Å². The molecule has 2 rings (SSSR count). The molecule has 1 unspecified atom stereocenters. The number of nitrogens with zero attached hydrogens (tertiary/aromatic N) is 3. The van der Waals surface area contributed by atoms with E-state index in [0.29, 0.717) is 13.0 Å². The third kappa shape index (κ3) is 2.28. The average molecular weight is 256 g/mol. The van der Waals surface area contributed by atoms with Crippen LogP contribution >= 0.6 is 0 Å². The van der Waals surface area contributed by atoms with Gasteiger partial charge in [-0.2, -0.15) is 9.30 Å². The van der Waals surface area contributed by atoms with Crippen LogP contribution in [0.4, 0.5) is 0 Å². The molecule has 1 fully saturated rings. The Morgan fingerprint density at radius 2 is 2.35 bits per heavy atom. The van der Waals surface area contributed by atoms with Crippen molar-refractivity contribution in [3.05, 3.63) is 12.5 Å². The Hall–Kier alpha value is -1.50. The topological polar surface area (TPSA) is 95.5 Å². The summed E-state index contributed by atoms with van der Waals surface area (Å²) in [5.41, 5.74) is 0. The molecule has 1 aromatic rings. The summed E-state index contributed by atoms with van der Waals surface area (Å²) < 4.78 is 25.6. The van der Waals surface area contributed by atoms with Crippen LogP contribution in [0, 0.1) is 0 Å². The lowest BCUT2D eigenvalue weighted by Crippen LogP contribution is -2.42. The first kappa shape index (κ1) is 12.0. The van der Waals surface area contributed by atoms with Crippen LogP contribution in [0.5, 0.6) is 0 Å². The molecule has 0 aromatic carbocycles. The van der Waals surface area contributed by atoms with Gasteiger partial charge in [0.25, 0.3) is 10.0 Å². The summed E-state index contributed by atoms with van der Waals surface area (Å²) in [4.78, 5) is 20.1. The first-order chi connectivity index (χ1) is 8.16. The Morgan fingerprint density at radius 1 is 1.53 bits per heavy atom. The number of hydrogen-bond acceptors (Lipinski definition) is 5. The quantitative estimate of drug-likeness (QED) is 0.619. The molecule has 1 aliphatic rings. The molecule has 7 nitrogen and oxygen atoms in total. The Kier molecular flexibility index (Phi) is 3.37. The van der Waals surface area contributed by atoms with Crippen molar-refractivity contribution in [3.63, 3.8) is 0 Å². The van der Waals surface area contributed by atoms with Crippen molar-refractivity contribution in [2.45, 2.75) is 30.5 Å². The van der Waals surface area contributed by atoms with Gasteiger partial charge in [0.05, 0.1) is 12.5 Å². The molecule has 1 aliphatic heterocycles. The van der Waals surface area contributed by atoms with Crippen LogP contribution in [0.1, 0.15) is 19.3 Å². The lowest BCUT2D eigenvalue weighted by Gasteiger charge is -2.30. The SMILES string of the molecule is O=C=NC1CCCCN1S(=O)(=O)c1cnc[nH]1. The molecular weight excluding hydrogens is 244 g/mol. The fourth-order valence-electron chi connectivity index (χ4n) is 1.87. The van der Waals surface area contributed by atoms with E-state index >= 15 is 0 Å². The largest absolute Gasteiger partial charge is 0.335 e. The molecule has 17 heavy (non-hydrogen) atoms. The summed E-state index contributed by atoms with van der Waals surface area (Å²) >= 11 is 0. The predicted octanol–water partition coefficient (Wildman–Crippen LogP) is 0.246. The van der Waals surface area contributed by atoms with E-state index in [9.17, 15) is 13.2 Å². The van der Waals surface area contributed by atoms with Crippen LogP contribution in [-0.4, -0.2) is 41.5 Å². The maximum Gasteiger partial charge on any atom is 0.261 e. The minimum absolute atomic E-state index is 0.0190. The van der Waals surface area contributed by atoms with Gasteiger partial charge in [0.15, 0.2) is 5.03 Å². The van der Waals surface area contributed by atoms with Crippen molar-refractivity contribution in [2.24, 2.45) is 4.99 Å². The maximum absolute atomic E-state index is 12.2. The van der Waals surface area contributed by atoms with Gasteiger partial charge in [0.2, 0.25) is 6.08 Å². The van der Waals surface area contributed by atoms with E-state index in [1.54, 1.807) is 0 Å². The first-order valence-electron chi connectivity index (χ1n) is 5.23. The van der Waals surface area contributed by atoms with Gasteiger partial charge in [0.1, 0.15) is 6.17 Å². The minimum atomic E-state index is -3.65. The second-order valence-electron chi connectivity index (χ2n) is 3.73. The lowest BCUT2D eigenvalue weighted by molar-refractivity contribution is 0.259. The van der Waals surface area contributed by atoms with Crippen molar-refractivity contribution in [1.29, 1.82) is 0 Å². The second kappa shape index (κ2) is 4.79. The van der Waals surface area contributed by atoms with Crippen LogP contribution in [0.25, 0.3) is 0 Å². The zero-order chi connectivity index (χ0) is 12.3. The normalized spacial score (nSPS) is 22.0. The van der Waals surface area contributed by atoms with Crippen molar-refractivity contribution in [1.82, 2.24) is 14.3 Å². The summed E-state index contributed by atoms with van der Waals surface area (Å²) in [6.45, 7) is 0.358. The van der Waals surface area contributed by atoms with E-state index in [2.05, 4.69) is 15.0 Å². The molecule has 1 aromatic heterocycles. The fraction of sp³-hybridized carbons (Fsp3) is 0.556. The Morgan fingerprint density at radius 3 is 3.00 bits per heavy atom. The van der Waals surface area contributed by atoms with E-state index in [4.69, 9.17) is 0 Å². The number of H-pyrrole nitrogens is 1. The highest BCUT2D eigenvalue weighted by molar-refractivity contribution is 7.89. The maximum atomic E-state index is 12.2. The summed E-state index contributed by atoms with van der Waals surface area (Å²) in [7, 11) is -3.65. The standard InChI is InChI=1S/C9H12N4O3S/c14-7-12-8-3-1-2-4-13(8)17(15,16)9-5-10-6-11-9/h5-6,8H,1-4H2,(H,10,11). The highest BCUT2D eigenvalue weighted by atomic mass is 32.2. The molecule has 0 spiro atoms. The number of sulfonamides is 1. The lowest BCUT2D eigenvalue weighted by atomic mass is 10.1. The number of aliphatic imine (C=N–C) groups is 1. The highest BCUT2D eigenvalue weighted by Crippen LogP contribution is 2.24. The Labute approximate surface area is 98.6 Å². The molecule has 2 heterocycles. The number of aromatic amines is 1. The third-order valence-electron chi connectivity index (χ3n) is 2.68. The molecule has 1 atom stereocenters. The predicted molar refractivity (Wildman–Crippen MR) is 58.2 cm³/mol. The van der Waals surface area contributed by atoms with Crippen LogP contribution < -0.4 is 0 Å². The average Bonchev–Trinajstić information content (AvgIpc) is 2.84. The van der Waals surface area contributed by atoms with E-state index in [1.807, 2.05) is 0 Å². The van der Waals surface area contributed by atoms with Gasteiger partial charge in [-0.1, -0.05) is 0 Å². The van der Waals surface area contributed by atoms with Gasteiger partial charge < -0.3 is 4.98 Å². The van der Waals surface area contributed by atoms with E-state index in [-0.39, 0.29) is 5.03 Å². The van der Waals surface area contributed by atoms with Crippen LogP contribution in [0.3, 0.4) is 0 Å². The molecule has 1 N–H and O–H groups in total. The molecule has 0 aliphatic carbocycles. The minimum Gasteiger partial charge on any atom is -0.335 e. The number of isocyanates is 1. The van der Waals surface area contributed by atoms with Gasteiger partial charge in [-0.25, -0.2) is 18.2 Å². The summed E-state index contributed by atoms with van der Waals surface area (Å²) in [6.07, 6.45) is 5.48. The Bertz CT molecular complexity index is 518. The molecule has 8 heteroatoms. The van der Waals surface area contributed by atoms with Crippen LogP contribution in [0.2, 0.25) is 0 Å². The number of aromatic nitrogens is 2. The summed E-state index contributed by atoms with van der Waals surface area (Å²) in [5.74, 6) is 0. The third-order valence-corrected chi connectivity index (χ3v) is 4.51. The van der Waals surface area contributed by atoms with E-state index in [1.165, 1.54) is 22.9 Å². The fourth-order valence-corrected chi connectivity index (χ4v) is 3.36. The molecule has 1 saturated heterocycles. The zero-order valence-corrected chi connectivity index (χ0v) is 9.85. The van der Waals surface area contributed by atoms with Gasteiger partial charge in [-0.3, -0.25) is 0 Å². The summed E-state index contributed by atoms with van der Waals surface area (Å²) in [6, 6.07) is 0. The molecular formula is C9H12N4O3S. The smallest absolute Gasteiger partial charge is 0.261 e. The number of rotatable bonds is 3. The second-order valence-corrected chi connectivity index (χ2v) is 5.59. The number of piperidine rings is 1. The Balaban J connectivity index is 2.34. The van der Waals surface area contributed by atoms with Crippen LogP contribution in [0.15, 0.2) is 22.5 Å². The number of carbonyl (C=O) groups excluding carboxylic acids is 1. The number of nitrogens with one attached hydrogen (secondary N) is 1. The molecule has 0 radical (unpaired) electrons. The number of imidazole rings is 1. The van der Waals surface area contributed by atoms with Crippen molar-refractivity contribution >= 4 is 16.1 Å². The zero-order valence-electron chi connectivity index (χ0n) is 9.04. The van der Waals surface area contributed by atoms with E-state index in [0.717, 1.165) is 12.8 Å². The van der Waals surface area contributed by atoms with E-state index < -0.39 is 16.2 Å². The first-order valence-corrected chi connectivity index (χ1v) is 6.67. The van der Waals surface area contributed by atoms with Gasteiger partial charge in [0, 0.05) is 6.54 Å². The molecule has 0 saturated carbocycles. The summed E-state index contributed by atoms with van der Waals surface area (Å²) in [5, 5.41) is 0.0190. The van der Waals surface area contributed by atoms with Crippen molar-refractivity contribution in [2.75, 3.05) is 6.54 Å². The van der Waals surface area contributed by atoms with Gasteiger partial charge in [-0.05, 0) is 19.3 Å². The van der Waals surface area contributed by atoms with Crippen molar-refractivity contribution < 1.29 is 13.2 Å². The molecule has 0 amide bonds.